The van der Waals surface area contributed by atoms with Crippen LogP contribution >= 0.6 is 31.9 Å². The summed E-state index contributed by atoms with van der Waals surface area (Å²) in [5, 5.41) is 9.31. The number of aliphatic hydroxyl groups is 1. The number of aromatic nitrogens is 1. The lowest BCUT2D eigenvalue weighted by Gasteiger charge is -2.10. The number of hydrogen-bond acceptors (Lipinski definition) is 3. The molecule has 1 aromatic heterocycles. The second-order valence-electron chi connectivity index (χ2n) is 4.39. The van der Waals surface area contributed by atoms with E-state index in [1.165, 1.54) is 0 Å². The van der Waals surface area contributed by atoms with Gasteiger partial charge in [-0.2, -0.15) is 0 Å². The normalized spacial score (nSPS) is 10.6. The first-order valence-corrected chi connectivity index (χ1v) is 7.94. The van der Waals surface area contributed by atoms with Crippen molar-refractivity contribution < 1.29 is 9.84 Å². The predicted molar refractivity (Wildman–Crippen MR) is 86.1 cm³/mol. The molecule has 0 fully saturated rings. The van der Waals surface area contributed by atoms with Crippen molar-refractivity contribution in [1.29, 1.82) is 0 Å². The van der Waals surface area contributed by atoms with Crippen LogP contribution in [0.2, 0.25) is 0 Å². The van der Waals surface area contributed by atoms with Crippen LogP contribution < -0.4 is 4.74 Å². The van der Waals surface area contributed by atoms with E-state index in [4.69, 9.17) is 4.74 Å². The van der Waals surface area contributed by atoms with Crippen LogP contribution in [0.3, 0.4) is 0 Å². The van der Waals surface area contributed by atoms with E-state index in [1.807, 2.05) is 24.3 Å². The number of benzene rings is 1. The summed E-state index contributed by atoms with van der Waals surface area (Å²) in [7, 11) is 0. The van der Waals surface area contributed by atoms with Crippen molar-refractivity contribution in [1.82, 2.24) is 4.98 Å². The maximum absolute atomic E-state index is 9.31. The van der Waals surface area contributed by atoms with Crippen LogP contribution in [0.5, 0.6) is 11.6 Å². The molecule has 0 saturated carbocycles. The highest BCUT2D eigenvalue weighted by atomic mass is 79.9. The highest BCUT2D eigenvalue weighted by Gasteiger charge is 2.07. The predicted octanol–water partition coefficient (Wildman–Crippen LogP) is 4.84. The summed E-state index contributed by atoms with van der Waals surface area (Å²) in [5.41, 5.74) is 1.74. The molecule has 1 aromatic carbocycles. The maximum Gasteiger partial charge on any atom is 0.219 e. The zero-order chi connectivity index (χ0) is 14.5. The van der Waals surface area contributed by atoms with Crippen LogP contribution in [0.1, 0.15) is 24.6 Å². The number of ether oxygens (including phenoxy) is 1. The third-order valence-corrected chi connectivity index (χ3v) is 3.82. The molecule has 3 nitrogen and oxygen atoms in total. The highest BCUT2D eigenvalue weighted by molar-refractivity contribution is 9.11. The summed E-state index contributed by atoms with van der Waals surface area (Å²) >= 11 is 6.86. The Morgan fingerprint density at radius 2 is 2.00 bits per heavy atom. The number of rotatable bonds is 5. The molecule has 0 bridgehead atoms. The maximum atomic E-state index is 9.31. The lowest BCUT2D eigenvalue weighted by Crippen LogP contribution is -1.97. The molecule has 2 aromatic rings. The van der Waals surface area contributed by atoms with E-state index in [2.05, 4.69) is 43.8 Å². The van der Waals surface area contributed by atoms with Gasteiger partial charge in [0.05, 0.1) is 11.1 Å². The monoisotopic (exact) mass is 399 g/mol. The van der Waals surface area contributed by atoms with Crippen LogP contribution in [-0.2, 0) is 13.0 Å². The quantitative estimate of drug-likeness (QED) is 0.780. The molecule has 0 aliphatic carbocycles. The first-order valence-electron chi connectivity index (χ1n) is 6.36. The molecule has 2 rings (SSSR count). The van der Waals surface area contributed by atoms with Crippen molar-refractivity contribution in [3.05, 3.63) is 50.5 Å². The fourth-order valence-corrected chi connectivity index (χ4v) is 2.95. The van der Waals surface area contributed by atoms with Crippen molar-refractivity contribution in [2.24, 2.45) is 0 Å². The Bertz CT molecular complexity index is 602. The fourth-order valence-electron chi connectivity index (χ4n) is 1.82. The van der Waals surface area contributed by atoms with Crippen LogP contribution in [-0.4, -0.2) is 10.1 Å². The Kier molecular flexibility index (Phi) is 5.57. The zero-order valence-electron chi connectivity index (χ0n) is 11.1. The summed E-state index contributed by atoms with van der Waals surface area (Å²) < 4.78 is 7.62. The van der Waals surface area contributed by atoms with Crippen molar-refractivity contribution in [2.45, 2.75) is 26.4 Å². The molecule has 0 amide bonds. The lowest BCUT2D eigenvalue weighted by molar-refractivity contribution is 0.280. The second kappa shape index (κ2) is 7.20. The highest BCUT2D eigenvalue weighted by Crippen LogP contribution is 2.31. The topological polar surface area (TPSA) is 42.4 Å². The number of pyridine rings is 1. The smallest absolute Gasteiger partial charge is 0.219 e. The number of aliphatic hydroxyl groups excluding tert-OH is 1. The molecule has 5 heteroatoms. The largest absolute Gasteiger partial charge is 0.438 e. The minimum Gasteiger partial charge on any atom is -0.438 e. The van der Waals surface area contributed by atoms with Crippen LogP contribution in [0.25, 0.3) is 0 Å². The van der Waals surface area contributed by atoms with Crippen molar-refractivity contribution in [2.75, 3.05) is 0 Å². The third-order valence-electron chi connectivity index (χ3n) is 2.71. The van der Waals surface area contributed by atoms with E-state index in [1.54, 1.807) is 6.07 Å². The SMILES string of the molecule is CCCc1cc(CO)cc(Oc2ccc(Br)cc2Br)n1. The molecule has 0 aliphatic rings. The van der Waals surface area contributed by atoms with Crippen LogP contribution in [0.15, 0.2) is 39.3 Å². The molecule has 0 saturated heterocycles. The zero-order valence-corrected chi connectivity index (χ0v) is 14.2. The van der Waals surface area contributed by atoms with Gasteiger partial charge in [0, 0.05) is 16.2 Å². The summed E-state index contributed by atoms with van der Waals surface area (Å²) in [4.78, 5) is 4.46. The molecule has 1 heterocycles. The minimum absolute atomic E-state index is 0.0168. The van der Waals surface area contributed by atoms with Gasteiger partial charge in [0.15, 0.2) is 0 Å². The van der Waals surface area contributed by atoms with Gasteiger partial charge in [-0.3, -0.25) is 0 Å². The van der Waals surface area contributed by atoms with E-state index in [0.717, 1.165) is 33.0 Å². The Morgan fingerprint density at radius 3 is 2.65 bits per heavy atom. The number of aryl methyl sites for hydroxylation is 1. The number of hydrogen-bond donors (Lipinski definition) is 1. The molecule has 0 spiro atoms. The Morgan fingerprint density at radius 1 is 1.20 bits per heavy atom. The van der Waals surface area contributed by atoms with E-state index in [-0.39, 0.29) is 6.61 Å². The molecule has 20 heavy (non-hydrogen) atoms. The summed E-state index contributed by atoms with van der Waals surface area (Å²) in [6, 6.07) is 9.35. The lowest BCUT2D eigenvalue weighted by atomic mass is 10.2. The number of nitrogens with zero attached hydrogens (tertiary/aromatic N) is 1. The van der Waals surface area contributed by atoms with Crippen LogP contribution in [0.4, 0.5) is 0 Å². The fraction of sp³-hybridized carbons (Fsp3) is 0.267. The van der Waals surface area contributed by atoms with E-state index in [9.17, 15) is 5.11 Å². The molecular weight excluding hydrogens is 386 g/mol. The Labute approximate surface area is 135 Å². The Balaban J connectivity index is 2.29. The number of halogens is 2. The average molecular weight is 401 g/mol. The van der Waals surface area contributed by atoms with Gasteiger partial charge in [0.2, 0.25) is 5.88 Å². The molecule has 0 aliphatic heterocycles. The first-order chi connectivity index (χ1) is 9.62. The molecule has 0 unspecified atom stereocenters. The third kappa shape index (κ3) is 4.04. The average Bonchev–Trinajstić information content (AvgIpc) is 2.42. The molecule has 1 N–H and O–H groups in total. The first kappa shape index (κ1) is 15.5. The van der Waals surface area contributed by atoms with Gasteiger partial charge in [-0.25, -0.2) is 4.98 Å². The van der Waals surface area contributed by atoms with Crippen LogP contribution in [0, 0.1) is 0 Å². The van der Waals surface area contributed by atoms with E-state index >= 15 is 0 Å². The van der Waals surface area contributed by atoms with Gasteiger partial charge in [-0.15, -0.1) is 0 Å². The van der Waals surface area contributed by atoms with Gasteiger partial charge >= 0.3 is 0 Å². The minimum atomic E-state index is -0.0168. The molecule has 0 atom stereocenters. The van der Waals surface area contributed by atoms with Gasteiger partial charge in [0.1, 0.15) is 5.75 Å². The van der Waals surface area contributed by atoms with E-state index < -0.39 is 0 Å². The summed E-state index contributed by atoms with van der Waals surface area (Å²) in [6.45, 7) is 2.08. The van der Waals surface area contributed by atoms with Gasteiger partial charge in [-0.05, 0) is 52.2 Å². The van der Waals surface area contributed by atoms with Crippen molar-refractivity contribution in [3.8, 4) is 11.6 Å². The van der Waals surface area contributed by atoms with Gasteiger partial charge < -0.3 is 9.84 Å². The van der Waals surface area contributed by atoms with E-state index in [0.29, 0.717) is 11.6 Å². The second-order valence-corrected chi connectivity index (χ2v) is 6.16. The summed E-state index contributed by atoms with van der Waals surface area (Å²) in [5.74, 6) is 1.20. The van der Waals surface area contributed by atoms with Crippen molar-refractivity contribution in [3.63, 3.8) is 0 Å². The Hall–Kier alpha value is -0.910. The molecule has 0 radical (unpaired) electrons. The standard InChI is InChI=1S/C15H15Br2NO2/c1-2-3-12-6-10(9-19)7-15(18-12)20-14-5-4-11(16)8-13(14)17/h4-8,19H,2-3,9H2,1H3. The van der Waals surface area contributed by atoms with Gasteiger partial charge in [0.25, 0.3) is 0 Å². The van der Waals surface area contributed by atoms with Crippen molar-refractivity contribution >= 4 is 31.9 Å². The van der Waals surface area contributed by atoms with Gasteiger partial charge in [-0.1, -0.05) is 29.3 Å². The molecular formula is C15H15Br2NO2. The molecule has 106 valence electrons. The summed E-state index contributed by atoms with van der Waals surface area (Å²) in [6.07, 6.45) is 1.87.